The van der Waals surface area contributed by atoms with Crippen LogP contribution in [0, 0.1) is 6.92 Å². The second kappa shape index (κ2) is 4.84. The highest BCUT2D eigenvalue weighted by Crippen LogP contribution is 2.18. The number of aryl methyl sites for hydroxylation is 2. The summed E-state index contributed by atoms with van der Waals surface area (Å²) >= 11 is 3.39. The molecule has 17 heavy (non-hydrogen) atoms. The maximum absolute atomic E-state index is 12.2. The number of benzene rings is 1. The van der Waals surface area contributed by atoms with Crippen LogP contribution in [0.15, 0.2) is 35.1 Å². The Hall–Kier alpha value is -1.42. The van der Waals surface area contributed by atoms with E-state index in [9.17, 15) is 4.79 Å². The first kappa shape index (κ1) is 12.0. The number of carbonyl (C=O) groups is 1. The molecule has 0 fully saturated rings. The predicted octanol–water partition coefficient (Wildman–Crippen LogP) is 3.20. The monoisotopic (exact) mass is 292 g/mol. The summed E-state index contributed by atoms with van der Waals surface area (Å²) < 4.78 is 2.73. The fourth-order valence-corrected chi connectivity index (χ4v) is 2.17. The zero-order chi connectivity index (χ0) is 12.4. The third-order valence-corrected chi connectivity index (χ3v) is 3.15. The van der Waals surface area contributed by atoms with Crippen molar-refractivity contribution in [3.8, 4) is 0 Å². The highest BCUT2D eigenvalue weighted by molar-refractivity contribution is 9.10. The van der Waals surface area contributed by atoms with Crippen molar-refractivity contribution >= 4 is 21.7 Å². The van der Waals surface area contributed by atoms with Gasteiger partial charge in [-0.3, -0.25) is 9.48 Å². The van der Waals surface area contributed by atoms with E-state index in [1.807, 2.05) is 32.0 Å². The normalized spacial score (nSPS) is 10.5. The maximum atomic E-state index is 12.2. The van der Waals surface area contributed by atoms with Crippen LogP contribution in [0.4, 0.5) is 0 Å². The van der Waals surface area contributed by atoms with Gasteiger partial charge >= 0.3 is 0 Å². The molecule has 0 aliphatic carbocycles. The summed E-state index contributed by atoms with van der Waals surface area (Å²) in [7, 11) is 0. The molecule has 4 heteroatoms. The van der Waals surface area contributed by atoms with Gasteiger partial charge in [0, 0.05) is 22.8 Å². The lowest BCUT2D eigenvalue weighted by Gasteiger charge is -2.03. The Morgan fingerprint density at radius 3 is 2.82 bits per heavy atom. The molecule has 1 heterocycles. The molecule has 0 atom stereocenters. The lowest BCUT2D eigenvalue weighted by Crippen LogP contribution is -2.02. The Labute approximate surface area is 109 Å². The summed E-state index contributed by atoms with van der Waals surface area (Å²) in [5.41, 5.74) is 2.33. The van der Waals surface area contributed by atoms with E-state index >= 15 is 0 Å². The van der Waals surface area contributed by atoms with Crippen LogP contribution in [-0.2, 0) is 6.54 Å². The van der Waals surface area contributed by atoms with E-state index in [0.717, 1.165) is 22.1 Å². The van der Waals surface area contributed by atoms with E-state index in [0.29, 0.717) is 5.56 Å². The topological polar surface area (TPSA) is 34.9 Å². The largest absolute Gasteiger partial charge is 0.288 e. The van der Waals surface area contributed by atoms with Gasteiger partial charge in [-0.1, -0.05) is 15.9 Å². The van der Waals surface area contributed by atoms with Gasteiger partial charge in [-0.25, -0.2) is 0 Å². The van der Waals surface area contributed by atoms with Crippen molar-refractivity contribution in [2.45, 2.75) is 20.4 Å². The van der Waals surface area contributed by atoms with Gasteiger partial charge in [0.2, 0.25) is 0 Å². The molecule has 3 nitrogen and oxygen atoms in total. The first-order chi connectivity index (χ1) is 8.11. The molecule has 0 N–H and O–H groups in total. The van der Waals surface area contributed by atoms with E-state index in [1.54, 1.807) is 17.1 Å². The highest BCUT2D eigenvalue weighted by atomic mass is 79.9. The Morgan fingerprint density at radius 1 is 1.47 bits per heavy atom. The van der Waals surface area contributed by atoms with Crippen LogP contribution in [0.2, 0.25) is 0 Å². The van der Waals surface area contributed by atoms with E-state index < -0.39 is 0 Å². The van der Waals surface area contributed by atoms with Gasteiger partial charge in [-0.15, -0.1) is 0 Å². The highest BCUT2D eigenvalue weighted by Gasteiger charge is 2.13. The third kappa shape index (κ3) is 2.47. The Balaban J connectivity index is 2.36. The molecular weight excluding hydrogens is 280 g/mol. The summed E-state index contributed by atoms with van der Waals surface area (Å²) in [5.74, 6) is 0.0229. The lowest BCUT2D eigenvalue weighted by atomic mass is 10.0. The van der Waals surface area contributed by atoms with Gasteiger partial charge in [0.15, 0.2) is 5.78 Å². The van der Waals surface area contributed by atoms with Gasteiger partial charge in [-0.2, -0.15) is 5.10 Å². The minimum absolute atomic E-state index is 0.0229. The van der Waals surface area contributed by atoms with Crippen LogP contribution >= 0.6 is 15.9 Å². The van der Waals surface area contributed by atoms with E-state index in [-0.39, 0.29) is 5.78 Å². The molecule has 0 unspecified atom stereocenters. The molecule has 0 aliphatic rings. The predicted molar refractivity (Wildman–Crippen MR) is 70.2 cm³/mol. The number of hydrogen-bond acceptors (Lipinski definition) is 2. The molecular formula is C13H13BrN2O. The standard InChI is InChI=1S/C13H13BrN2O/c1-3-16-8-10(7-15-16)13(17)12-5-4-11(14)6-9(12)2/h4-8H,3H2,1-2H3. The average Bonchev–Trinajstić information content (AvgIpc) is 2.76. The number of rotatable bonds is 3. The fraction of sp³-hybridized carbons (Fsp3) is 0.231. The van der Waals surface area contributed by atoms with Gasteiger partial charge in [0.25, 0.3) is 0 Å². The van der Waals surface area contributed by atoms with E-state index in [1.165, 1.54) is 0 Å². The van der Waals surface area contributed by atoms with Gasteiger partial charge in [-0.05, 0) is 37.6 Å². The number of hydrogen-bond donors (Lipinski definition) is 0. The minimum Gasteiger partial charge on any atom is -0.288 e. The van der Waals surface area contributed by atoms with Crippen molar-refractivity contribution in [3.63, 3.8) is 0 Å². The molecule has 2 rings (SSSR count). The summed E-state index contributed by atoms with van der Waals surface area (Å²) in [6.45, 7) is 4.70. The van der Waals surface area contributed by atoms with Crippen LogP contribution in [0.3, 0.4) is 0 Å². The van der Waals surface area contributed by atoms with Crippen molar-refractivity contribution < 1.29 is 4.79 Å². The Morgan fingerprint density at radius 2 is 2.24 bits per heavy atom. The molecule has 0 amide bonds. The number of aromatic nitrogens is 2. The molecule has 0 aliphatic heterocycles. The zero-order valence-corrected chi connectivity index (χ0v) is 11.4. The van der Waals surface area contributed by atoms with E-state index in [2.05, 4.69) is 21.0 Å². The molecule has 0 saturated heterocycles. The Bertz CT molecular complexity index is 560. The van der Waals surface area contributed by atoms with Crippen LogP contribution in [0.1, 0.15) is 28.4 Å². The molecule has 0 saturated carbocycles. The number of halogens is 1. The lowest BCUT2D eigenvalue weighted by molar-refractivity contribution is 0.103. The smallest absolute Gasteiger partial charge is 0.196 e. The first-order valence-electron chi connectivity index (χ1n) is 5.45. The van der Waals surface area contributed by atoms with E-state index in [4.69, 9.17) is 0 Å². The second-order valence-corrected chi connectivity index (χ2v) is 4.79. The van der Waals surface area contributed by atoms with Crippen molar-refractivity contribution in [1.82, 2.24) is 9.78 Å². The van der Waals surface area contributed by atoms with Crippen molar-refractivity contribution in [2.75, 3.05) is 0 Å². The molecule has 0 radical (unpaired) electrons. The van der Waals surface area contributed by atoms with Gasteiger partial charge < -0.3 is 0 Å². The Kier molecular flexibility index (Phi) is 3.43. The van der Waals surface area contributed by atoms with Crippen molar-refractivity contribution in [1.29, 1.82) is 0 Å². The summed E-state index contributed by atoms with van der Waals surface area (Å²) in [5, 5.41) is 4.12. The van der Waals surface area contributed by atoms with Gasteiger partial charge in [0.05, 0.1) is 11.8 Å². The fourth-order valence-electron chi connectivity index (χ4n) is 1.69. The minimum atomic E-state index is 0.0229. The maximum Gasteiger partial charge on any atom is 0.196 e. The quantitative estimate of drug-likeness (QED) is 0.814. The van der Waals surface area contributed by atoms with Crippen molar-refractivity contribution in [2.24, 2.45) is 0 Å². The summed E-state index contributed by atoms with van der Waals surface area (Å²) in [6, 6.07) is 5.66. The third-order valence-electron chi connectivity index (χ3n) is 2.65. The van der Waals surface area contributed by atoms with Gasteiger partial charge in [0.1, 0.15) is 0 Å². The molecule has 0 bridgehead atoms. The van der Waals surface area contributed by atoms with Crippen LogP contribution in [0.5, 0.6) is 0 Å². The molecule has 1 aromatic carbocycles. The molecule has 2 aromatic rings. The summed E-state index contributed by atoms with van der Waals surface area (Å²) in [4.78, 5) is 12.2. The number of ketones is 1. The second-order valence-electron chi connectivity index (χ2n) is 3.87. The SMILES string of the molecule is CCn1cc(C(=O)c2ccc(Br)cc2C)cn1. The first-order valence-corrected chi connectivity index (χ1v) is 6.24. The summed E-state index contributed by atoms with van der Waals surface area (Å²) in [6.07, 6.45) is 3.40. The van der Waals surface area contributed by atoms with Crippen LogP contribution in [0.25, 0.3) is 0 Å². The van der Waals surface area contributed by atoms with Crippen LogP contribution < -0.4 is 0 Å². The van der Waals surface area contributed by atoms with Crippen molar-refractivity contribution in [3.05, 3.63) is 51.8 Å². The molecule has 88 valence electrons. The number of carbonyl (C=O) groups excluding carboxylic acids is 1. The number of nitrogens with zero attached hydrogens (tertiary/aromatic N) is 2. The van der Waals surface area contributed by atoms with Crippen LogP contribution in [-0.4, -0.2) is 15.6 Å². The molecule has 0 spiro atoms. The zero-order valence-electron chi connectivity index (χ0n) is 9.77. The molecule has 1 aromatic heterocycles. The average molecular weight is 293 g/mol.